The number of nitrogens with two attached hydrogens (primary N) is 1. The Morgan fingerprint density at radius 3 is 2.55 bits per heavy atom. The van der Waals surface area contributed by atoms with Crippen LogP contribution in [0.3, 0.4) is 0 Å². The highest BCUT2D eigenvalue weighted by molar-refractivity contribution is 5.94. The summed E-state index contributed by atoms with van der Waals surface area (Å²) in [5.41, 5.74) is 9.03. The Hall–Kier alpha value is -2.63. The second-order valence-corrected chi connectivity index (χ2v) is 4.53. The van der Waals surface area contributed by atoms with Gasteiger partial charge in [-0.15, -0.1) is 0 Å². The largest absolute Gasteiger partial charge is 0.437 e. The van der Waals surface area contributed by atoms with E-state index in [2.05, 4.69) is 21.2 Å². The maximum atomic E-state index is 8.55. The quantitative estimate of drug-likeness (QED) is 0.387. The van der Waals surface area contributed by atoms with Gasteiger partial charge in [-0.2, -0.15) is 0 Å². The van der Waals surface area contributed by atoms with Gasteiger partial charge in [-0.3, -0.25) is 0 Å². The third kappa shape index (κ3) is 2.85. The number of aromatic nitrogens is 2. The second kappa shape index (κ2) is 5.56. The van der Waals surface area contributed by atoms with Crippen LogP contribution in [-0.2, 0) is 0 Å². The third-order valence-corrected chi connectivity index (χ3v) is 2.98. The van der Waals surface area contributed by atoms with Crippen molar-refractivity contribution in [3.8, 4) is 11.6 Å². The summed E-state index contributed by atoms with van der Waals surface area (Å²) in [6.45, 7) is 6.02. The molecule has 6 heteroatoms. The smallest absolute Gasteiger partial charge is 0.237 e. The van der Waals surface area contributed by atoms with Crippen LogP contribution in [0.4, 0.5) is 0 Å². The molecule has 0 aliphatic carbocycles. The number of aryl methyl sites for hydroxylation is 2. The van der Waals surface area contributed by atoms with Crippen LogP contribution in [0.25, 0.3) is 0 Å². The van der Waals surface area contributed by atoms with Gasteiger partial charge in [0, 0.05) is 0 Å². The molecule has 2 rings (SSSR count). The summed E-state index contributed by atoms with van der Waals surface area (Å²) in [7, 11) is 0. The number of hydrogen-bond acceptors (Lipinski definition) is 5. The van der Waals surface area contributed by atoms with E-state index in [1.165, 1.54) is 12.4 Å². The monoisotopic (exact) mass is 272 g/mol. The van der Waals surface area contributed by atoms with E-state index in [9.17, 15) is 0 Å². The van der Waals surface area contributed by atoms with Crippen molar-refractivity contribution in [3.63, 3.8) is 0 Å². The lowest BCUT2D eigenvalue weighted by molar-refractivity contribution is 0.318. The molecule has 2 aromatic rings. The Morgan fingerprint density at radius 1 is 1.20 bits per heavy atom. The van der Waals surface area contributed by atoms with E-state index in [0.717, 1.165) is 22.4 Å². The lowest BCUT2D eigenvalue weighted by Crippen LogP contribution is -2.15. The van der Waals surface area contributed by atoms with Crippen LogP contribution in [0.1, 0.15) is 22.4 Å². The molecule has 1 heterocycles. The van der Waals surface area contributed by atoms with Crippen LogP contribution in [0, 0.1) is 20.8 Å². The average Bonchev–Trinajstić information content (AvgIpc) is 2.44. The second-order valence-electron chi connectivity index (χ2n) is 4.53. The van der Waals surface area contributed by atoms with Gasteiger partial charge in [0.25, 0.3) is 0 Å². The summed E-state index contributed by atoms with van der Waals surface area (Å²) >= 11 is 0. The molecule has 20 heavy (non-hydrogen) atoms. The minimum atomic E-state index is -0.0911. The fourth-order valence-corrected chi connectivity index (χ4v) is 1.77. The summed E-state index contributed by atoms with van der Waals surface area (Å²) in [6, 6.07) is 4.04. The van der Waals surface area contributed by atoms with E-state index in [0.29, 0.717) is 5.88 Å². The van der Waals surface area contributed by atoms with Crippen LogP contribution < -0.4 is 10.5 Å². The molecule has 0 unspecified atom stereocenters. The number of rotatable bonds is 3. The first-order chi connectivity index (χ1) is 9.51. The molecule has 0 saturated heterocycles. The molecule has 3 N–H and O–H groups in total. The number of hydrogen-bond donors (Lipinski definition) is 2. The molecule has 6 nitrogen and oxygen atoms in total. The van der Waals surface area contributed by atoms with E-state index >= 15 is 0 Å². The normalized spacial score (nSPS) is 11.4. The standard InChI is InChI=1S/C14H16N4O2/c1-8-4-9(2)10(3)12(5-8)20-13-7-16-11(6-17-13)14(15)18-19/h4-7,19H,1-3H3,(H2,15,18). The van der Waals surface area contributed by atoms with Gasteiger partial charge in [0.05, 0.1) is 12.4 Å². The van der Waals surface area contributed by atoms with Gasteiger partial charge < -0.3 is 15.7 Å². The molecule has 1 aromatic carbocycles. The molecule has 104 valence electrons. The number of benzene rings is 1. The van der Waals surface area contributed by atoms with Gasteiger partial charge in [0.2, 0.25) is 5.88 Å². The summed E-state index contributed by atoms with van der Waals surface area (Å²) in [4.78, 5) is 8.10. The Balaban J connectivity index is 2.27. The van der Waals surface area contributed by atoms with Crippen molar-refractivity contribution in [3.05, 3.63) is 46.9 Å². The van der Waals surface area contributed by atoms with Crippen molar-refractivity contribution in [2.75, 3.05) is 0 Å². The fourth-order valence-electron chi connectivity index (χ4n) is 1.77. The van der Waals surface area contributed by atoms with Crippen molar-refractivity contribution in [1.82, 2.24) is 9.97 Å². The van der Waals surface area contributed by atoms with E-state index in [1.807, 2.05) is 26.8 Å². The van der Waals surface area contributed by atoms with Crippen molar-refractivity contribution < 1.29 is 9.94 Å². The zero-order chi connectivity index (χ0) is 14.7. The van der Waals surface area contributed by atoms with Crippen molar-refractivity contribution in [2.24, 2.45) is 10.9 Å². The lowest BCUT2D eigenvalue weighted by atomic mass is 10.1. The van der Waals surface area contributed by atoms with Gasteiger partial charge >= 0.3 is 0 Å². The molecule has 0 fully saturated rings. The molecular weight excluding hydrogens is 256 g/mol. The first-order valence-corrected chi connectivity index (χ1v) is 6.07. The predicted molar refractivity (Wildman–Crippen MR) is 75.3 cm³/mol. The highest BCUT2D eigenvalue weighted by Crippen LogP contribution is 2.27. The first kappa shape index (κ1) is 13.8. The number of oxime groups is 1. The molecule has 1 aromatic heterocycles. The number of nitrogens with zero attached hydrogens (tertiary/aromatic N) is 3. The Morgan fingerprint density at radius 2 is 1.95 bits per heavy atom. The fraction of sp³-hybridized carbons (Fsp3) is 0.214. The van der Waals surface area contributed by atoms with Gasteiger partial charge in [-0.25, -0.2) is 9.97 Å². The highest BCUT2D eigenvalue weighted by Gasteiger charge is 2.08. The molecule has 0 spiro atoms. The van der Waals surface area contributed by atoms with Crippen LogP contribution in [0.2, 0.25) is 0 Å². The van der Waals surface area contributed by atoms with Crippen molar-refractivity contribution in [1.29, 1.82) is 0 Å². The van der Waals surface area contributed by atoms with Crippen LogP contribution >= 0.6 is 0 Å². The molecule has 0 amide bonds. The summed E-state index contributed by atoms with van der Waals surface area (Å²) < 4.78 is 5.72. The highest BCUT2D eigenvalue weighted by atomic mass is 16.5. The van der Waals surface area contributed by atoms with Gasteiger partial charge in [-0.05, 0) is 43.5 Å². The van der Waals surface area contributed by atoms with E-state index in [-0.39, 0.29) is 11.5 Å². The van der Waals surface area contributed by atoms with E-state index in [1.54, 1.807) is 0 Å². The minimum Gasteiger partial charge on any atom is -0.437 e. The maximum Gasteiger partial charge on any atom is 0.237 e. The topological polar surface area (TPSA) is 93.6 Å². The lowest BCUT2D eigenvalue weighted by Gasteiger charge is -2.11. The maximum absolute atomic E-state index is 8.55. The average molecular weight is 272 g/mol. The summed E-state index contributed by atoms with van der Waals surface area (Å²) in [6.07, 6.45) is 2.83. The number of amidine groups is 1. The van der Waals surface area contributed by atoms with Crippen LogP contribution in [-0.4, -0.2) is 21.0 Å². The molecular formula is C14H16N4O2. The van der Waals surface area contributed by atoms with Gasteiger partial charge in [-0.1, -0.05) is 11.2 Å². The Bertz CT molecular complexity index is 651. The van der Waals surface area contributed by atoms with Crippen molar-refractivity contribution >= 4 is 5.84 Å². The van der Waals surface area contributed by atoms with Crippen LogP contribution in [0.5, 0.6) is 11.6 Å². The molecule has 0 bridgehead atoms. The molecule has 0 saturated carbocycles. The molecule has 0 aliphatic heterocycles. The Labute approximate surface area is 116 Å². The van der Waals surface area contributed by atoms with E-state index < -0.39 is 0 Å². The van der Waals surface area contributed by atoms with E-state index in [4.69, 9.17) is 15.7 Å². The SMILES string of the molecule is Cc1cc(C)c(C)c(Oc2cnc(C(N)=NO)cn2)c1. The number of ether oxygens (including phenoxy) is 1. The van der Waals surface area contributed by atoms with Crippen molar-refractivity contribution in [2.45, 2.75) is 20.8 Å². The summed E-state index contributed by atoms with van der Waals surface area (Å²) in [5, 5.41) is 11.4. The predicted octanol–water partition coefficient (Wildman–Crippen LogP) is 2.29. The summed E-state index contributed by atoms with van der Waals surface area (Å²) in [5.74, 6) is 1.01. The van der Waals surface area contributed by atoms with Crippen LogP contribution in [0.15, 0.2) is 29.7 Å². The Kier molecular flexibility index (Phi) is 3.84. The molecule has 0 aliphatic rings. The first-order valence-electron chi connectivity index (χ1n) is 6.07. The van der Waals surface area contributed by atoms with Gasteiger partial charge in [0.15, 0.2) is 5.84 Å². The third-order valence-electron chi connectivity index (χ3n) is 2.98. The molecule has 0 radical (unpaired) electrons. The minimum absolute atomic E-state index is 0.0911. The van der Waals surface area contributed by atoms with Gasteiger partial charge in [0.1, 0.15) is 11.4 Å². The zero-order valence-corrected chi connectivity index (χ0v) is 11.6. The molecule has 0 atom stereocenters. The zero-order valence-electron chi connectivity index (χ0n) is 11.6.